The number of fused-ring (bicyclic) bond motifs is 1. The van der Waals surface area contributed by atoms with Gasteiger partial charge in [0.25, 0.3) is 0 Å². The van der Waals surface area contributed by atoms with E-state index in [2.05, 4.69) is 21.9 Å². The van der Waals surface area contributed by atoms with E-state index in [1.165, 1.54) is 6.33 Å². The molecule has 0 aliphatic rings. The van der Waals surface area contributed by atoms with Crippen LogP contribution in [0.25, 0.3) is 11.2 Å². The number of hydrogen-bond donors (Lipinski definition) is 0. The van der Waals surface area contributed by atoms with Crippen molar-refractivity contribution in [3.05, 3.63) is 54.2 Å². The third kappa shape index (κ3) is 3.36. The number of carbonyl (C=O) groups is 1. The molecule has 0 aliphatic carbocycles. The van der Waals surface area contributed by atoms with Gasteiger partial charge in [0.15, 0.2) is 12.4 Å². The minimum Gasteiger partial charge on any atom is -0.440 e. The normalized spacial score (nSPS) is 10.8. The summed E-state index contributed by atoms with van der Waals surface area (Å²) in [7, 11) is 0. The first-order valence-corrected chi connectivity index (χ1v) is 7.67. The molecule has 0 saturated heterocycles. The molecule has 3 aromatic rings. The van der Waals surface area contributed by atoms with Crippen LogP contribution in [0.1, 0.15) is 35.9 Å². The predicted molar refractivity (Wildman–Crippen MR) is 85.8 cm³/mol. The second kappa shape index (κ2) is 7.00. The Labute approximate surface area is 134 Å². The third-order valence-electron chi connectivity index (χ3n) is 3.58. The number of unbranched alkanes of at least 4 members (excludes halogenated alkanes) is 1. The summed E-state index contributed by atoms with van der Waals surface area (Å²) in [4.78, 5) is 24.9. The summed E-state index contributed by atoms with van der Waals surface area (Å²) in [6, 6.07) is 8.94. The quantitative estimate of drug-likeness (QED) is 0.655. The van der Waals surface area contributed by atoms with Crippen molar-refractivity contribution in [3.63, 3.8) is 0 Å². The zero-order valence-electron chi connectivity index (χ0n) is 13.0. The molecule has 2 aromatic heterocycles. The molecule has 1 aromatic carbocycles. The van der Waals surface area contributed by atoms with Gasteiger partial charge >= 0.3 is 5.97 Å². The number of aromatic nitrogens is 4. The fourth-order valence-electron chi connectivity index (χ4n) is 2.37. The molecule has 6 heteroatoms. The lowest BCUT2D eigenvalue weighted by molar-refractivity contribution is 0.0373. The molecule has 0 radical (unpaired) electrons. The zero-order valence-corrected chi connectivity index (χ0v) is 13.0. The molecule has 0 atom stereocenters. The molecule has 0 saturated carbocycles. The molecule has 0 amide bonds. The zero-order chi connectivity index (χ0) is 16.1. The first kappa shape index (κ1) is 15.1. The second-order valence-electron chi connectivity index (χ2n) is 5.22. The number of esters is 1. The van der Waals surface area contributed by atoms with Crippen molar-refractivity contribution >= 4 is 17.1 Å². The number of carbonyl (C=O) groups excluding carboxylic acids is 1. The summed E-state index contributed by atoms with van der Waals surface area (Å²) in [5.41, 5.74) is 1.93. The van der Waals surface area contributed by atoms with E-state index in [0.29, 0.717) is 11.2 Å². The molecule has 0 N–H and O–H groups in total. The van der Waals surface area contributed by atoms with Gasteiger partial charge in [0, 0.05) is 6.42 Å². The lowest BCUT2D eigenvalue weighted by Crippen LogP contribution is -2.12. The van der Waals surface area contributed by atoms with Crippen molar-refractivity contribution in [2.45, 2.75) is 32.9 Å². The smallest absolute Gasteiger partial charge is 0.339 e. The van der Waals surface area contributed by atoms with Crippen LogP contribution in [0.4, 0.5) is 0 Å². The van der Waals surface area contributed by atoms with Gasteiger partial charge in [-0.1, -0.05) is 31.5 Å². The molecule has 6 nitrogen and oxygen atoms in total. The maximum absolute atomic E-state index is 12.1. The average molecular weight is 310 g/mol. The molecule has 23 heavy (non-hydrogen) atoms. The first-order chi connectivity index (χ1) is 11.3. The summed E-state index contributed by atoms with van der Waals surface area (Å²) in [5.74, 6) is 0.506. The fraction of sp³-hybridized carbons (Fsp3) is 0.294. The van der Waals surface area contributed by atoms with E-state index in [-0.39, 0.29) is 12.7 Å². The fourth-order valence-corrected chi connectivity index (χ4v) is 2.37. The Bertz CT molecular complexity index is 799. The van der Waals surface area contributed by atoms with Crippen LogP contribution < -0.4 is 0 Å². The number of imidazole rings is 1. The maximum atomic E-state index is 12.1. The molecule has 0 fully saturated rings. The number of hydrogen-bond acceptors (Lipinski definition) is 5. The molecule has 118 valence electrons. The Morgan fingerprint density at radius 2 is 2.09 bits per heavy atom. The van der Waals surface area contributed by atoms with Gasteiger partial charge in [0.05, 0.1) is 11.8 Å². The van der Waals surface area contributed by atoms with Crippen LogP contribution in [0.5, 0.6) is 0 Å². The van der Waals surface area contributed by atoms with Crippen LogP contribution in [0.15, 0.2) is 42.9 Å². The molecule has 0 spiro atoms. The molecule has 0 bridgehead atoms. The minimum absolute atomic E-state index is 0.0975. The Kier molecular flexibility index (Phi) is 4.61. The van der Waals surface area contributed by atoms with Crippen LogP contribution in [-0.4, -0.2) is 25.5 Å². The first-order valence-electron chi connectivity index (χ1n) is 7.67. The predicted octanol–water partition coefficient (Wildman–Crippen LogP) is 2.98. The van der Waals surface area contributed by atoms with Crippen molar-refractivity contribution in [1.82, 2.24) is 19.5 Å². The van der Waals surface area contributed by atoms with Crippen LogP contribution >= 0.6 is 0 Å². The van der Waals surface area contributed by atoms with Crippen molar-refractivity contribution in [1.29, 1.82) is 0 Å². The molecule has 2 heterocycles. The minimum atomic E-state index is -0.358. The number of rotatable bonds is 6. The molecule has 0 aliphatic heterocycles. The Morgan fingerprint density at radius 1 is 1.26 bits per heavy atom. The lowest BCUT2D eigenvalue weighted by Gasteiger charge is -2.09. The van der Waals surface area contributed by atoms with Crippen molar-refractivity contribution < 1.29 is 9.53 Å². The third-order valence-corrected chi connectivity index (χ3v) is 3.58. The van der Waals surface area contributed by atoms with E-state index in [0.717, 1.165) is 30.6 Å². The van der Waals surface area contributed by atoms with Gasteiger partial charge < -0.3 is 4.74 Å². The molecule has 0 unspecified atom stereocenters. The van der Waals surface area contributed by atoms with E-state index in [1.807, 2.05) is 22.8 Å². The van der Waals surface area contributed by atoms with E-state index >= 15 is 0 Å². The van der Waals surface area contributed by atoms with E-state index in [1.54, 1.807) is 18.3 Å². The highest BCUT2D eigenvalue weighted by molar-refractivity contribution is 5.89. The highest BCUT2D eigenvalue weighted by Gasteiger charge is 2.14. The lowest BCUT2D eigenvalue weighted by atomic mass is 10.2. The van der Waals surface area contributed by atoms with Gasteiger partial charge in [-0.3, -0.25) is 4.57 Å². The van der Waals surface area contributed by atoms with Crippen LogP contribution in [-0.2, 0) is 17.9 Å². The van der Waals surface area contributed by atoms with Crippen molar-refractivity contribution in [3.8, 4) is 0 Å². The largest absolute Gasteiger partial charge is 0.440 e. The summed E-state index contributed by atoms with van der Waals surface area (Å²) >= 11 is 0. The summed E-state index contributed by atoms with van der Waals surface area (Å²) < 4.78 is 7.27. The molecule has 3 rings (SSSR count). The van der Waals surface area contributed by atoms with E-state index in [9.17, 15) is 4.79 Å². The van der Waals surface area contributed by atoms with Gasteiger partial charge in [-0.15, -0.1) is 0 Å². The van der Waals surface area contributed by atoms with Crippen LogP contribution in [0, 0.1) is 0 Å². The van der Waals surface area contributed by atoms with Gasteiger partial charge in [-0.05, 0) is 18.6 Å². The highest BCUT2D eigenvalue weighted by atomic mass is 16.5. The Balaban J connectivity index is 1.82. The topological polar surface area (TPSA) is 69.9 Å². The van der Waals surface area contributed by atoms with Crippen LogP contribution in [0.2, 0.25) is 0 Å². The second-order valence-corrected chi connectivity index (χ2v) is 5.22. The van der Waals surface area contributed by atoms with Crippen molar-refractivity contribution in [2.75, 3.05) is 0 Å². The van der Waals surface area contributed by atoms with Gasteiger partial charge in [-0.2, -0.15) is 0 Å². The van der Waals surface area contributed by atoms with Crippen LogP contribution in [0.3, 0.4) is 0 Å². The Morgan fingerprint density at radius 3 is 2.87 bits per heavy atom. The summed E-state index contributed by atoms with van der Waals surface area (Å²) in [5, 5.41) is 0. The number of benzene rings is 1. The Hall–Kier alpha value is -2.76. The van der Waals surface area contributed by atoms with Crippen molar-refractivity contribution in [2.24, 2.45) is 0 Å². The summed E-state index contributed by atoms with van der Waals surface area (Å²) in [6.07, 6.45) is 6.05. The van der Waals surface area contributed by atoms with Gasteiger partial charge in [-0.25, -0.2) is 19.7 Å². The summed E-state index contributed by atoms with van der Waals surface area (Å²) in [6.45, 7) is 2.22. The van der Waals surface area contributed by atoms with E-state index in [4.69, 9.17) is 4.74 Å². The number of nitrogens with zero attached hydrogens (tertiary/aromatic N) is 4. The standard InChI is InChI=1S/C17H18N4O2/c1-2-3-9-15-20-14-10-18-11-19-16(14)21(15)12-23-17(22)13-7-5-4-6-8-13/h4-8,10-11H,2-3,9,12H2,1H3. The number of aryl methyl sites for hydroxylation is 1. The van der Waals surface area contributed by atoms with Gasteiger partial charge in [0.2, 0.25) is 0 Å². The maximum Gasteiger partial charge on any atom is 0.339 e. The highest BCUT2D eigenvalue weighted by Crippen LogP contribution is 2.15. The molecular formula is C17H18N4O2. The number of ether oxygens (including phenoxy) is 1. The average Bonchev–Trinajstić information content (AvgIpc) is 2.96. The van der Waals surface area contributed by atoms with E-state index < -0.39 is 0 Å². The molecular weight excluding hydrogens is 292 g/mol. The SMILES string of the molecule is CCCCc1nc2cncnc2n1COC(=O)c1ccccc1. The van der Waals surface area contributed by atoms with Gasteiger partial charge in [0.1, 0.15) is 17.7 Å². The monoisotopic (exact) mass is 310 g/mol.